The summed E-state index contributed by atoms with van der Waals surface area (Å²) >= 11 is 0. The van der Waals surface area contributed by atoms with Gasteiger partial charge in [-0.2, -0.15) is 13.2 Å². The molecule has 8 heteroatoms. The highest BCUT2D eigenvalue weighted by atomic mass is 19.4. The van der Waals surface area contributed by atoms with Crippen LogP contribution in [-0.2, 0) is 20.7 Å². The van der Waals surface area contributed by atoms with Gasteiger partial charge >= 0.3 is 18.1 Å². The topological polar surface area (TPSA) is 55.8 Å². The Kier molecular flexibility index (Phi) is 6.45. The molecule has 0 heterocycles. The lowest BCUT2D eigenvalue weighted by Gasteiger charge is -2.30. The third kappa shape index (κ3) is 6.28. The van der Waals surface area contributed by atoms with E-state index in [-0.39, 0.29) is 6.42 Å². The van der Waals surface area contributed by atoms with Crippen LogP contribution in [0.2, 0.25) is 0 Å². The zero-order valence-electron chi connectivity index (χ0n) is 14.8. The average molecular weight is 361 g/mol. The van der Waals surface area contributed by atoms with Crippen LogP contribution in [0.1, 0.15) is 26.3 Å². The molecule has 5 nitrogen and oxygen atoms in total. The Morgan fingerprint density at radius 2 is 1.64 bits per heavy atom. The number of amides is 1. The normalized spacial score (nSPS) is 13.1. The Hall–Kier alpha value is -2.25. The molecule has 0 spiro atoms. The molecule has 1 atom stereocenters. The number of hydrogen-bond acceptors (Lipinski definition) is 4. The number of halogens is 3. The number of carbonyl (C=O) groups excluding carboxylic acids is 2. The number of esters is 1. The van der Waals surface area contributed by atoms with Crippen molar-refractivity contribution in [3.8, 4) is 5.75 Å². The van der Waals surface area contributed by atoms with E-state index in [0.29, 0.717) is 16.2 Å². The van der Waals surface area contributed by atoms with Crippen LogP contribution in [0, 0.1) is 0 Å². The second-order valence-corrected chi connectivity index (χ2v) is 6.52. The number of hydrogen-bond donors (Lipinski definition) is 0. The molecule has 1 aromatic rings. The van der Waals surface area contributed by atoms with Crippen LogP contribution in [0.4, 0.5) is 13.2 Å². The zero-order chi connectivity index (χ0) is 19.4. The summed E-state index contributed by atoms with van der Waals surface area (Å²) in [7, 11) is 2.42. The number of alkyl halides is 3. The van der Waals surface area contributed by atoms with Crippen molar-refractivity contribution in [2.45, 2.75) is 45.0 Å². The first kappa shape index (κ1) is 20.8. The van der Waals surface area contributed by atoms with Gasteiger partial charge in [-0.25, -0.2) is 4.79 Å². The van der Waals surface area contributed by atoms with Crippen molar-refractivity contribution in [3.63, 3.8) is 0 Å². The first-order valence-electron chi connectivity index (χ1n) is 7.55. The Bertz CT molecular complexity index is 606. The Balaban J connectivity index is 3.09. The van der Waals surface area contributed by atoms with Crippen LogP contribution in [0.3, 0.4) is 0 Å². The van der Waals surface area contributed by atoms with E-state index in [4.69, 9.17) is 9.47 Å². The van der Waals surface area contributed by atoms with E-state index in [0.717, 1.165) is 7.05 Å². The van der Waals surface area contributed by atoms with E-state index in [1.54, 1.807) is 45.0 Å². The van der Waals surface area contributed by atoms with E-state index in [2.05, 4.69) is 0 Å². The van der Waals surface area contributed by atoms with Crippen molar-refractivity contribution in [3.05, 3.63) is 29.8 Å². The van der Waals surface area contributed by atoms with Gasteiger partial charge in [0, 0.05) is 13.5 Å². The van der Waals surface area contributed by atoms with Gasteiger partial charge in [-0.15, -0.1) is 0 Å². The highest BCUT2D eigenvalue weighted by molar-refractivity contribution is 5.87. The van der Waals surface area contributed by atoms with Gasteiger partial charge in [0.1, 0.15) is 17.4 Å². The van der Waals surface area contributed by atoms with E-state index in [1.165, 1.54) is 7.11 Å². The Morgan fingerprint density at radius 3 is 2.04 bits per heavy atom. The number of ether oxygens (including phenoxy) is 2. The summed E-state index contributed by atoms with van der Waals surface area (Å²) in [6.07, 6.45) is -5.19. The molecule has 0 aromatic heterocycles. The minimum atomic E-state index is -5.07. The van der Waals surface area contributed by atoms with Crippen molar-refractivity contribution in [2.75, 3.05) is 14.2 Å². The lowest BCUT2D eigenvalue weighted by atomic mass is 10.0. The van der Waals surface area contributed by atoms with Crippen molar-refractivity contribution < 1.29 is 32.2 Å². The smallest absolute Gasteiger partial charge is 0.471 e. The van der Waals surface area contributed by atoms with Crippen molar-refractivity contribution in [1.82, 2.24) is 4.90 Å². The minimum Gasteiger partial charge on any atom is -0.497 e. The van der Waals surface area contributed by atoms with E-state index >= 15 is 0 Å². The number of methoxy groups -OCH3 is 1. The molecule has 0 bridgehead atoms. The van der Waals surface area contributed by atoms with Gasteiger partial charge in [-0.3, -0.25) is 4.79 Å². The maximum absolute atomic E-state index is 12.7. The number of benzene rings is 1. The summed E-state index contributed by atoms with van der Waals surface area (Å²) in [6.45, 7) is 4.79. The van der Waals surface area contributed by atoms with Crippen LogP contribution >= 0.6 is 0 Å². The number of rotatable bonds is 5. The molecule has 25 heavy (non-hydrogen) atoms. The summed E-state index contributed by atoms with van der Waals surface area (Å²) in [5.41, 5.74) is -0.323. The van der Waals surface area contributed by atoms with Crippen LogP contribution in [0.25, 0.3) is 0 Å². The molecule has 0 saturated carbocycles. The highest BCUT2D eigenvalue weighted by Crippen LogP contribution is 2.22. The minimum absolute atomic E-state index is 0.114. The van der Waals surface area contributed by atoms with Gasteiger partial charge in [0.15, 0.2) is 0 Å². The SMILES string of the molecule is COc1ccc(C[C@@H](C(=O)OC(C)(C)C)N(C)C(=O)C(F)(F)F)cc1. The number of nitrogens with zero attached hydrogens (tertiary/aromatic N) is 1. The highest BCUT2D eigenvalue weighted by Gasteiger charge is 2.45. The molecule has 0 N–H and O–H groups in total. The predicted octanol–water partition coefficient (Wildman–Crippen LogP) is 2.97. The molecule has 0 aliphatic rings. The fourth-order valence-electron chi connectivity index (χ4n) is 2.07. The molecule has 1 rings (SSSR count). The molecule has 0 aliphatic heterocycles. The molecule has 0 saturated heterocycles. The fourth-order valence-corrected chi connectivity index (χ4v) is 2.07. The van der Waals surface area contributed by atoms with Gasteiger partial charge in [0.05, 0.1) is 7.11 Å². The second kappa shape index (κ2) is 7.76. The molecule has 0 unspecified atom stereocenters. The zero-order valence-corrected chi connectivity index (χ0v) is 14.8. The van der Waals surface area contributed by atoms with Gasteiger partial charge in [-0.05, 0) is 38.5 Å². The summed E-state index contributed by atoms with van der Waals surface area (Å²) in [5, 5.41) is 0. The van der Waals surface area contributed by atoms with Crippen LogP contribution in [0.15, 0.2) is 24.3 Å². The fraction of sp³-hybridized carbons (Fsp3) is 0.529. The summed E-state index contributed by atoms with van der Waals surface area (Å²) in [4.78, 5) is 24.3. The van der Waals surface area contributed by atoms with Crippen molar-refractivity contribution in [1.29, 1.82) is 0 Å². The third-order valence-corrected chi connectivity index (χ3v) is 3.30. The molecule has 1 amide bonds. The quantitative estimate of drug-likeness (QED) is 0.757. The second-order valence-electron chi connectivity index (χ2n) is 6.52. The molecule has 0 fully saturated rings. The Morgan fingerprint density at radius 1 is 1.12 bits per heavy atom. The number of carbonyl (C=O) groups is 2. The number of likely N-dealkylation sites (N-methyl/N-ethyl adjacent to an activating group) is 1. The maximum Gasteiger partial charge on any atom is 0.471 e. The molecular weight excluding hydrogens is 339 g/mol. The largest absolute Gasteiger partial charge is 0.497 e. The molecule has 0 aliphatic carbocycles. The van der Waals surface area contributed by atoms with Gasteiger partial charge in [0.2, 0.25) is 0 Å². The first-order chi connectivity index (χ1) is 11.3. The molecular formula is C17H22F3NO4. The van der Waals surface area contributed by atoms with E-state index in [9.17, 15) is 22.8 Å². The van der Waals surface area contributed by atoms with E-state index in [1.807, 2.05) is 0 Å². The summed E-state index contributed by atoms with van der Waals surface area (Å²) in [6, 6.07) is 5.06. The van der Waals surface area contributed by atoms with E-state index < -0.39 is 29.7 Å². The van der Waals surface area contributed by atoms with Crippen molar-refractivity contribution in [2.24, 2.45) is 0 Å². The molecule has 140 valence electrons. The van der Waals surface area contributed by atoms with Crippen LogP contribution < -0.4 is 4.74 Å². The summed E-state index contributed by atoms with van der Waals surface area (Å²) in [5.74, 6) is -2.43. The Labute approximate surface area is 144 Å². The molecule has 1 aromatic carbocycles. The standard InChI is InChI=1S/C17H22F3NO4/c1-16(2,3)25-14(22)13(21(4)15(23)17(18,19)20)10-11-6-8-12(24-5)9-7-11/h6-9,13H,10H2,1-5H3/t13-/m0/s1. The monoisotopic (exact) mass is 361 g/mol. The third-order valence-electron chi connectivity index (χ3n) is 3.30. The maximum atomic E-state index is 12.7. The van der Waals surface area contributed by atoms with Crippen LogP contribution in [-0.4, -0.2) is 48.8 Å². The lowest BCUT2D eigenvalue weighted by molar-refractivity contribution is -0.190. The first-order valence-corrected chi connectivity index (χ1v) is 7.55. The van der Waals surface area contributed by atoms with Gasteiger partial charge in [0.25, 0.3) is 0 Å². The predicted molar refractivity (Wildman–Crippen MR) is 85.2 cm³/mol. The summed E-state index contributed by atoms with van der Waals surface area (Å²) < 4.78 is 48.4. The van der Waals surface area contributed by atoms with Gasteiger partial charge < -0.3 is 14.4 Å². The van der Waals surface area contributed by atoms with Gasteiger partial charge in [-0.1, -0.05) is 12.1 Å². The molecule has 0 radical (unpaired) electrons. The average Bonchev–Trinajstić information content (AvgIpc) is 2.49. The lowest BCUT2D eigenvalue weighted by Crippen LogP contribution is -2.50. The van der Waals surface area contributed by atoms with Crippen molar-refractivity contribution >= 4 is 11.9 Å². The van der Waals surface area contributed by atoms with Crippen LogP contribution in [0.5, 0.6) is 5.75 Å².